The predicted molar refractivity (Wildman–Crippen MR) is 44.5 cm³/mol. The molecule has 0 aliphatic rings. The Hall–Kier alpha value is -0.650. The average Bonchev–Trinajstić information content (AvgIpc) is 2.26. The fourth-order valence-electron chi connectivity index (χ4n) is 0.976. The number of rotatable bonds is 2. The fourth-order valence-corrected chi connectivity index (χ4v) is 1.57. The highest BCUT2D eigenvalue weighted by molar-refractivity contribution is 8.00. The molecule has 1 aromatic rings. The van der Waals surface area contributed by atoms with Gasteiger partial charge in [0.15, 0.2) is 0 Å². The molecule has 13 heavy (non-hydrogen) atoms. The number of aromatic nitrogens is 2. The van der Waals surface area contributed by atoms with Crippen molar-refractivity contribution in [1.82, 2.24) is 9.78 Å². The molecule has 74 valence electrons. The van der Waals surface area contributed by atoms with Crippen molar-refractivity contribution in [3.05, 3.63) is 11.8 Å². The van der Waals surface area contributed by atoms with Crippen molar-refractivity contribution < 1.29 is 13.2 Å². The smallest absolute Gasteiger partial charge is 0.272 e. The molecule has 1 rings (SSSR count). The van der Waals surface area contributed by atoms with E-state index >= 15 is 0 Å². The van der Waals surface area contributed by atoms with Gasteiger partial charge in [-0.15, -0.1) is 0 Å². The number of hydrogen-bond donors (Lipinski definition) is 0. The van der Waals surface area contributed by atoms with E-state index in [0.29, 0.717) is 6.42 Å². The average molecular weight is 210 g/mol. The molecule has 0 aromatic carbocycles. The molecule has 0 radical (unpaired) electrons. The van der Waals surface area contributed by atoms with Crippen molar-refractivity contribution in [1.29, 1.82) is 0 Å². The van der Waals surface area contributed by atoms with Crippen LogP contribution in [0.25, 0.3) is 0 Å². The molecule has 0 amide bonds. The molecule has 0 saturated carbocycles. The van der Waals surface area contributed by atoms with Gasteiger partial charge in [0.25, 0.3) is 0 Å². The topological polar surface area (TPSA) is 17.8 Å². The van der Waals surface area contributed by atoms with E-state index < -0.39 is 5.51 Å². The number of hydrogen-bond acceptors (Lipinski definition) is 2. The predicted octanol–water partition coefficient (Wildman–Crippen LogP) is 2.59. The summed E-state index contributed by atoms with van der Waals surface area (Å²) >= 11 is -0.181. The summed E-state index contributed by atoms with van der Waals surface area (Å²) in [5.41, 5.74) is -3.45. The first-order chi connectivity index (χ1) is 5.92. The van der Waals surface area contributed by atoms with Crippen LogP contribution in [0.1, 0.15) is 12.6 Å². The van der Waals surface area contributed by atoms with Crippen LogP contribution in [0.3, 0.4) is 0 Å². The minimum absolute atomic E-state index is 0.00634. The standard InChI is InChI=1S/C7H9F3N2S/c1-3-5-4-6(11-12(5)2)13-7(8,9)10/h4H,3H2,1-2H3. The lowest BCUT2D eigenvalue weighted by Crippen LogP contribution is -2.00. The fraction of sp³-hybridized carbons (Fsp3) is 0.571. The summed E-state index contributed by atoms with van der Waals surface area (Å²) in [7, 11) is 1.64. The van der Waals surface area contributed by atoms with Crippen LogP contribution in [0.15, 0.2) is 11.1 Å². The van der Waals surface area contributed by atoms with E-state index in [4.69, 9.17) is 0 Å². The summed E-state index contributed by atoms with van der Waals surface area (Å²) < 4.78 is 37.2. The third kappa shape index (κ3) is 2.95. The zero-order valence-corrected chi connectivity index (χ0v) is 8.04. The Kier molecular flexibility index (Phi) is 2.90. The molecule has 0 N–H and O–H groups in total. The van der Waals surface area contributed by atoms with Crippen molar-refractivity contribution in [3.63, 3.8) is 0 Å². The monoisotopic (exact) mass is 210 g/mol. The van der Waals surface area contributed by atoms with Crippen LogP contribution in [-0.2, 0) is 13.5 Å². The Morgan fingerprint density at radius 3 is 2.54 bits per heavy atom. The number of aryl methyl sites for hydroxylation is 2. The van der Waals surface area contributed by atoms with Gasteiger partial charge in [-0.1, -0.05) is 6.92 Å². The Labute approximate surface area is 78.1 Å². The number of thioether (sulfide) groups is 1. The zero-order valence-electron chi connectivity index (χ0n) is 7.22. The molecule has 0 saturated heterocycles. The van der Waals surface area contributed by atoms with Crippen LogP contribution in [0.2, 0.25) is 0 Å². The SMILES string of the molecule is CCc1cc(SC(F)(F)F)nn1C. The molecular formula is C7H9F3N2S. The van der Waals surface area contributed by atoms with Gasteiger partial charge < -0.3 is 0 Å². The van der Waals surface area contributed by atoms with Gasteiger partial charge in [-0.25, -0.2) is 0 Å². The molecule has 0 fully saturated rings. The molecule has 2 nitrogen and oxygen atoms in total. The first-order valence-electron chi connectivity index (χ1n) is 3.71. The zero-order chi connectivity index (χ0) is 10.1. The molecule has 0 aliphatic carbocycles. The Balaban J connectivity index is 2.80. The van der Waals surface area contributed by atoms with Gasteiger partial charge >= 0.3 is 5.51 Å². The van der Waals surface area contributed by atoms with E-state index in [9.17, 15) is 13.2 Å². The number of nitrogens with zero attached hydrogens (tertiary/aromatic N) is 2. The normalized spacial score (nSPS) is 12.1. The van der Waals surface area contributed by atoms with Crippen molar-refractivity contribution in [2.24, 2.45) is 7.05 Å². The molecule has 0 spiro atoms. The van der Waals surface area contributed by atoms with E-state index in [2.05, 4.69) is 5.10 Å². The van der Waals surface area contributed by atoms with Gasteiger partial charge in [0.1, 0.15) is 5.03 Å². The van der Waals surface area contributed by atoms with Crippen molar-refractivity contribution in [3.8, 4) is 0 Å². The Bertz CT molecular complexity index is 292. The van der Waals surface area contributed by atoms with Gasteiger partial charge in [0.2, 0.25) is 0 Å². The molecule has 6 heteroatoms. The van der Waals surface area contributed by atoms with E-state index in [0.717, 1.165) is 5.69 Å². The highest BCUT2D eigenvalue weighted by Crippen LogP contribution is 2.36. The molecular weight excluding hydrogens is 201 g/mol. The van der Waals surface area contributed by atoms with Crippen molar-refractivity contribution in [2.75, 3.05) is 0 Å². The maximum Gasteiger partial charge on any atom is 0.447 e. The lowest BCUT2D eigenvalue weighted by molar-refractivity contribution is -0.0329. The maximum absolute atomic E-state index is 11.9. The summed E-state index contributed by atoms with van der Waals surface area (Å²) in [5, 5.41) is 3.73. The summed E-state index contributed by atoms with van der Waals surface area (Å²) in [6.07, 6.45) is 0.682. The Morgan fingerprint density at radius 1 is 1.54 bits per heavy atom. The van der Waals surface area contributed by atoms with Crippen LogP contribution in [-0.4, -0.2) is 15.3 Å². The minimum Gasteiger partial charge on any atom is -0.272 e. The third-order valence-electron chi connectivity index (χ3n) is 1.54. The van der Waals surface area contributed by atoms with Crippen LogP contribution >= 0.6 is 11.8 Å². The van der Waals surface area contributed by atoms with Gasteiger partial charge in [-0.05, 0) is 12.5 Å². The highest BCUT2D eigenvalue weighted by Gasteiger charge is 2.30. The summed E-state index contributed by atoms with van der Waals surface area (Å²) in [6, 6.07) is 1.46. The first-order valence-corrected chi connectivity index (χ1v) is 4.52. The Morgan fingerprint density at radius 2 is 2.15 bits per heavy atom. The van der Waals surface area contributed by atoms with Crippen molar-refractivity contribution >= 4 is 11.8 Å². The highest BCUT2D eigenvalue weighted by atomic mass is 32.2. The van der Waals surface area contributed by atoms with E-state index in [1.54, 1.807) is 7.05 Å². The van der Waals surface area contributed by atoms with Crippen LogP contribution in [0.5, 0.6) is 0 Å². The molecule has 0 unspecified atom stereocenters. The van der Waals surface area contributed by atoms with E-state index in [-0.39, 0.29) is 16.8 Å². The number of alkyl halides is 3. The maximum atomic E-state index is 11.9. The summed E-state index contributed by atoms with van der Waals surface area (Å²) in [5.74, 6) is 0. The molecule has 0 bridgehead atoms. The second kappa shape index (κ2) is 3.61. The van der Waals surface area contributed by atoms with Gasteiger partial charge in [-0.2, -0.15) is 18.3 Å². The molecule has 1 heterocycles. The van der Waals surface area contributed by atoms with Crippen LogP contribution < -0.4 is 0 Å². The summed E-state index contributed by atoms with van der Waals surface area (Å²) in [6.45, 7) is 1.87. The molecule has 0 aliphatic heterocycles. The lowest BCUT2D eigenvalue weighted by Gasteiger charge is -2.00. The minimum atomic E-state index is -4.25. The third-order valence-corrected chi connectivity index (χ3v) is 2.18. The number of halogens is 3. The quantitative estimate of drug-likeness (QED) is 0.698. The van der Waals surface area contributed by atoms with Crippen LogP contribution in [0.4, 0.5) is 13.2 Å². The second-order valence-corrected chi connectivity index (χ2v) is 3.58. The molecule has 1 aromatic heterocycles. The largest absolute Gasteiger partial charge is 0.447 e. The van der Waals surface area contributed by atoms with E-state index in [1.807, 2.05) is 6.92 Å². The lowest BCUT2D eigenvalue weighted by atomic mass is 10.3. The van der Waals surface area contributed by atoms with Crippen molar-refractivity contribution in [2.45, 2.75) is 23.9 Å². The van der Waals surface area contributed by atoms with Crippen LogP contribution in [0, 0.1) is 0 Å². The van der Waals surface area contributed by atoms with Gasteiger partial charge in [-0.3, -0.25) is 4.68 Å². The summed E-state index contributed by atoms with van der Waals surface area (Å²) in [4.78, 5) is 0. The molecule has 0 atom stereocenters. The van der Waals surface area contributed by atoms with E-state index in [1.165, 1.54) is 10.7 Å². The first kappa shape index (κ1) is 10.4. The van der Waals surface area contributed by atoms with Gasteiger partial charge in [0, 0.05) is 24.5 Å². The van der Waals surface area contributed by atoms with Gasteiger partial charge in [0.05, 0.1) is 0 Å². The second-order valence-electron chi connectivity index (χ2n) is 2.50.